The van der Waals surface area contributed by atoms with Gasteiger partial charge in [0.15, 0.2) is 0 Å². The molecular formula is C41H84NO7P. The number of ether oxygens (including phenoxy) is 2. The summed E-state index contributed by atoms with van der Waals surface area (Å²) in [7, 11) is 1.37. The van der Waals surface area contributed by atoms with E-state index in [1.165, 1.54) is 148 Å². The molecule has 0 amide bonds. The number of nitrogens with zero attached hydrogens (tertiary/aromatic N) is 1. The minimum absolute atomic E-state index is 0.0311. The molecule has 0 rings (SSSR count). The van der Waals surface area contributed by atoms with Gasteiger partial charge in [0.1, 0.15) is 19.3 Å². The van der Waals surface area contributed by atoms with Gasteiger partial charge in [0.05, 0.1) is 34.4 Å². The highest BCUT2D eigenvalue weighted by molar-refractivity contribution is 7.45. The van der Waals surface area contributed by atoms with E-state index in [9.17, 15) is 14.3 Å². The number of carbonyl (C=O) groups is 1. The third-order valence-electron chi connectivity index (χ3n) is 9.41. The number of rotatable bonds is 40. The van der Waals surface area contributed by atoms with Gasteiger partial charge < -0.3 is 27.9 Å². The Morgan fingerprint density at radius 1 is 0.540 bits per heavy atom. The molecule has 0 aliphatic rings. The molecule has 50 heavy (non-hydrogen) atoms. The first-order chi connectivity index (χ1) is 24.1. The minimum atomic E-state index is -4.51. The normalized spacial score (nSPS) is 13.8. The van der Waals surface area contributed by atoms with Gasteiger partial charge in [-0.25, -0.2) is 0 Å². The lowest BCUT2D eigenvalue weighted by Crippen LogP contribution is -2.37. The van der Waals surface area contributed by atoms with Crippen LogP contribution < -0.4 is 4.89 Å². The SMILES string of the molecule is CCCCCCCCCCCCCCCCCCCCOCC(COP(=O)([O-])OCC[N+](C)(C)C)OC(=O)CCCCCCCCCCCC. The van der Waals surface area contributed by atoms with E-state index in [1.54, 1.807) is 0 Å². The van der Waals surface area contributed by atoms with Crippen LogP contribution in [0.4, 0.5) is 0 Å². The summed E-state index contributed by atoms with van der Waals surface area (Å²) in [5, 5.41) is 0. The van der Waals surface area contributed by atoms with Crippen molar-refractivity contribution in [3.8, 4) is 0 Å². The molecule has 0 aromatic heterocycles. The Kier molecular flexibility index (Phi) is 35.2. The van der Waals surface area contributed by atoms with Gasteiger partial charge in [0, 0.05) is 13.0 Å². The zero-order valence-electron chi connectivity index (χ0n) is 33.9. The Morgan fingerprint density at radius 2 is 0.920 bits per heavy atom. The number of hydrogen-bond donors (Lipinski definition) is 0. The van der Waals surface area contributed by atoms with Gasteiger partial charge in [-0.3, -0.25) is 9.36 Å². The minimum Gasteiger partial charge on any atom is -0.756 e. The Hall–Kier alpha value is -0.500. The van der Waals surface area contributed by atoms with Crippen molar-refractivity contribution in [2.24, 2.45) is 0 Å². The van der Waals surface area contributed by atoms with Crippen LogP contribution in [0.2, 0.25) is 0 Å². The fourth-order valence-electron chi connectivity index (χ4n) is 6.08. The van der Waals surface area contributed by atoms with Gasteiger partial charge in [-0.1, -0.05) is 181 Å². The van der Waals surface area contributed by atoms with Gasteiger partial charge in [0.25, 0.3) is 7.82 Å². The molecule has 0 aromatic carbocycles. The van der Waals surface area contributed by atoms with Crippen LogP contribution in [0.15, 0.2) is 0 Å². The monoisotopic (exact) mass is 734 g/mol. The maximum absolute atomic E-state index is 12.6. The maximum atomic E-state index is 12.6. The lowest BCUT2D eigenvalue weighted by molar-refractivity contribution is -0.870. The largest absolute Gasteiger partial charge is 0.756 e. The van der Waals surface area contributed by atoms with Crippen LogP contribution in [-0.2, 0) is 27.9 Å². The average molecular weight is 734 g/mol. The lowest BCUT2D eigenvalue weighted by Gasteiger charge is -2.28. The highest BCUT2D eigenvalue weighted by Gasteiger charge is 2.20. The van der Waals surface area contributed by atoms with Crippen molar-refractivity contribution in [3.05, 3.63) is 0 Å². The first-order valence-electron chi connectivity index (χ1n) is 21.3. The third-order valence-corrected chi connectivity index (χ3v) is 10.4. The van der Waals surface area contributed by atoms with Crippen molar-refractivity contribution in [3.63, 3.8) is 0 Å². The fourth-order valence-corrected chi connectivity index (χ4v) is 6.81. The first-order valence-corrected chi connectivity index (χ1v) is 22.7. The second-order valence-corrected chi connectivity index (χ2v) is 17.1. The molecule has 0 N–H and O–H groups in total. The van der Waals surface area contributed by atoms with E-state index in [2.05, 4.69) is 13.8 Å². The molecule has 0 saturated heterocycles. The van der Waals surface area contributed by atoms with Crippen molar-refractivity contribution in [1.82, 2.24) is 0 Å². The number of likely N-dealkylation sites (N-methyl/N-ethyl adjacent to an activating group) is 1. The summed E-state index contributed by atoms with van der Waals surface area (Å²) in [4.78, 5) is 24.9. The summed E-state index contributed by atoms with van der Waals surface area (Å²) in [6.45, 7) is 5.44. The molecule has 2 atom stereocenters. The molecule has 300 valence electrons. The van der Waals surface area contributed by atoms with Gasteiger partial charge in [-0.15, -0.1) is 0 Å². The number of hydrogen-bond acceptors (Lipinski definition) is 7. The van der Waals surface area contributed by atoms with E-state index < -0.39 is 13.9 Å². The van der Waals surface area contributed by atoms with E-state index in [0.29, 0.717) is 24.1 Å². The highest BCUT2D eigenvalue weighted by Crippen LogP contribution is 2.38. The molecule has 0 aliphatic heterocycles. The number of esters is 1. The fraction of sp³-hybridized carbons (Fsp3) is 0.976. The van der Waals surface area contributed by atoms with Crippen molar-refractivity contribution in [2.45, 2.75) is 206 Å². The molecule has 0 heterocycles. The molecule has 0 saturated carbocycles. The smallest absolute Gasteiger partial charge is 0.306 e. The van der Waals surface area contributed by atoms with Crippen molar-refractivity contribution < 1.29 is 37.3 Å². The second kappa shape index (κ2) is 35.5. The number of phosphoric ester groups is 1. The van der Waals surface area contributed by atoms with Gasteiger partial charge >= 0.3 is 5.97 Å². The van der Waals surface area contributed by atoms with Gasteiger partial charge in [-0.2, -0.15) is 0 Å². The van der Waals surface area contributed by atoms with E-state index in [1.807, 2.05) is 21.1 Å². The predicted octanol–water partition coefficient (Wildman–Crippen LogP) is 11.5. The summed E-state index contributed by atoms with van der Waals surface area (Å²) >= 11 is 0. The Bertz CT molecular complexity index is 777. The lowest BCUT2D eigenvalue weighted by atomic mass is 10.0. The summed E-state index contributed by atoms with van der Waals surface area (Å²) < 4.78 is 34.5. The van der Waals surface area contributed by atoms with Crippen LogP contribution >= 0.6 is 7.82 Å². The number of carbonyl (C=O) groups excluding carboxylic acids is 1. The standard InChI is InChI=1S/C41H84NO7P/c1-6-8-10-12-14-16-18-19-20-21-22-23-24-25-27-29-31-33-36-46-38-40(39-48-50(44,45)47-37-35-42(3,4)5)49-41(43)34-32-30-28-26-17-15-13-11-9-7-2/h40H,6-39H2,1-5H3. The quantitative estimate of drug-likeness (QED) is 0.0268. The van der Waals surface area contributed by atoms with Crippen LogP contribution in [0, 0.1) is 0 Å². The van der Waals surface area contributed by atoms with Crippen LogP contribution in [0.1, 0.15) is 200 Å². The summed E-state index contributed by atoms with van der Waals surface area (Å²) in [6.07, 6.45) is 35.4. The third kappa shape index (κ3) is 38.7. The van der Waals surface area contributed by atoms with Crippen LogP contribution in [0.25, 0.3) is 0 Å². The second-order valence-electron chi connectivity index (χ2n) is 15.7. The predicted molar refractivity (Wildman–Crippen MR) is 208 cm³/mol. The molecular weight excluding hydrogens is 649 g/mol. The number of unbranched alkanes of at least 4 members (excludes halogenated alkanes) is 26. The number of phosphoric acid groups is 1. The first kappa shape index (κ1) is 49.5. The molecule has 0 aliphatic carbocycles. The molecule has 0 aromatic rings. The summed E-state index contributed by atoms with van der Waals surface area (Å²) in [5.41, 5.74) is 0. The summed E-state index contributed by atoms with van der Waals surface area (Å²) in [6, 6.07) is 0. The molecule has 0 fully saturated rings. The summed E-state index contributed by atoms with van der Waals surface area (Å²) in [5.74, 6) is -0.332. The molecule has 2 unspecified atom stereocenters. The number of quaternary nitrogens is 1. The Morgan fingerprint density at radius 3 is 1.32 bits per heavy atom. The molecule has 0 radical (unpaired) electrons. The van der Waals surface area contributed by atoms with Crippen molar-refractivity contribution in [2.75, 3.05) is 54.1 Å². The molecule has 8 nitrogen and oxygen atoms in total. The van der Waals surface area contributed by atoms with Gasteiger partial charge in [0.2, 0.25) is 0 Å². The maximum Gasteiger partial charge on any atom is 0.306 e. The van der Waals surface area contributed by atoms with Crippen molar-refractivity contribution >= 4 is 13.8 Å². The Labute approximate surface area is 310 Å². The Balaban J connectivity index is 4.13. The molecule has 0 spiro atoms. The van der Waals surface area contributed by atoms with E-state index in [0.717, 1.165) is 32.1 Å². The van der Waals surface area contributed by atoms with Gasteiger partial charge in [-0.05, 0) is 12.8 Å². The van der Waals surface area contributed by atoms with E-state index in [4.69, 9.17) is 18.5 Å². The van der Waals surface area contributed by atoms with E-state index >= 15 is 0 Å². The van der Waals surface area contributed by atoms with Crippen LogP contribution in [0.5, 0.6) is 0 Å². The topological polar surface area (TPSA) is 94.1 Å². The zero-order chi connectivity index (χ0) is 37.0. The highest BCUT2D eigenvalue weighted by atomic mass is 31.2. The van der Waals surface area contributed by atoms with E-state index in [-0.39, 0.29) is 25.8 Å². The van der Waals surface area contributed by atoms with Crippen molar-refractivity contribution in [1.29, 1.82) is 0 Å². The van der Waals surface area contributed by atoms with Crippen LogP contribution in [-0.4, -0.2) is 70.7 Å². The molecule has 0 bridgehead atoms. The average Bonchev–Trinajstić information content (AvgIpc) is 3.06. The molecule has 9 heteroatoms. The van der Waals surface area contributed by atoms with Crippen LogP contribution in [0.3, 0.4) is 0 Å². The zero-order valence-corrected chi connectivity index (χ0v) is 34.8.